The highest BCUT2D eigenvalue weighted by Crippen LogP contribution is 2.39. The lowest BCUT2D eigenvalue weighted by Gasteiger charge is -2.24. The van der Waals surface area contributed by atoms with Crippen LogP contribution < -0.4 is 5.73 Å². The van der Waals surface area contributed by atoms with Crippen LogP contribution in [-0.4, -0.2) is 24.3 Å². The molecule has 0 radical (unpaired) electrons. The van der Waals surface area contributed by atoms with Gasteiger partial charge in [0.15, 0.2) is 0 Å². The van der Waals surface area contributed by atoms with Crippen molar-refractivity contribution in [2.75, 3.05) is 18.9 Å². The van der Waals surface area contributed by atoms with Gasteiger partial charge in [-0.2, -0.15) is 0 Å². The normalized spacial score (nSPS) is 24.6. The van der Waals surface area contributed by atoms with E-state index in [1.807, 2.05) is 0 Å². The number of carboxylic acids is 1. The van der Waals surface area contributed by atoms with Crippen LogP contribution in [0, 0.1) is 0 Å². The summed E-state index contributed by atoms with van der Waals surface area (Å²) in [7, 11) is 0. The number of rotatable bonds is 2. The molecule has 0 amide bonds. The van der Waals surface area contributed by atoms with Crippen molar-refractivity contribution in [1.82, 2.24) is 0 Å². The molecule has 1 fully saturated rings. The maximum absolute atomic E-state index is 11.4. The fourth-order valence-corrected chi connectivity index (χ4v) is 2.38. The highest BCUT2D eigenvalue weighted by Gasteiger charge is 2.45. The van der Waals surface area contributed by atoms with E-state index in [1.54, 1.807) is 18.2 Å². The predicted molar refractivity (Wildman–Crippen MR) is 63.3 cm³/mol. The Kier molecular flexibility index (Phi) is 2.90. The van der Waals surface area contributed by atoms with Gasteiger partial charge in [-0.15, -0.1) is 0 Å². The Hall–Kier alpha value is -1.07. The third kappa shape index (κ3) is 1.60. The van der Waals surface area contributed by atoms with E-state index in [4.69, 9.17) is 10.5 Å². The highest BCUT2D eigenvalue weighted by molar-refractivity contribution is 9.10. The largest absolute Gasteiger partial charge is 0.481 e. The first-order chi connectivity index (χ1) is 7.58. The smallest absolute Gasteiger partial charge is 0.316 e. The molecule has 3 N–H and O–H groups in total. The molecular formula is C11H12BrNO3. The number of aliphatic carboxylic acids is 1. The standard InChI is InChI=1S/C11H12BrNO3/c12-8-3-1-2-7(9(8)13)11(10(14)15)4-5-16-6-11/h1-3H,4-6,13H2,(H,14,15). The van der Waals surface area contributed by atoms with Crippen LogP contribution in [0.3, 0.4) is 0 Å². The van der Waals surface area contributed by atoms with E-state index >= 15 is 0 Å². The molecule has 1 unspecified atom stereocenters. The van der Waals surface area contributed by atoms with E-state index in [0.29, 0.717) is 24.3 Å². The minimum absolute atomic E-state index is 0.184. The Morgan fingerprint density at radius 3 is 2.88 bits per heavy atom. The Labute approximate surface area is 102 Å². The zero-order chi connectivity index (χ0) is 11.8. The summed E-state index contributed by atoms with van der Waals surface area (Å²) in [6.07, 6.45) is 0.461. The average molecular weight is 286 g/mol. The predicted octanol–water partition coefficient (Wildman–Crippen LogP) is 1.77. The number of hydrogen-bond donors (Lipinski definition) is 2. The number of hydrogen-bond acceptors (Lipinski definition) is 3. The van der Waals surface area contributed by atoms with E-state index in [-0.39, 0.29) is 6.61 Å². The summed E-state index contributed by atoms with van der Waals surface area (Å²) in [6, 6.07) is 5.34. The van der Waals surface area contributed by atoms with Gasteiger partial charge in [-0.1, -0.05) is 12.1 Å². The molecule has 86 valence electrons. The van der Waals surface area contributed by atoms with Gasteiger partial charge in [0.05, 0.1) is 12.3 Å². The third-order valence-electron chi connectivity index (χ3n) is 3.00. The summed E-state index contributed by atoms with van der Waals surface area (Å²) in [5, 5.41) is 9.38. The summed E-state index contributed by atoms with van der Waals surface area (Å²) >= 11 is 3.31. The zero-order valence-corrected chi connectivity index (χ0v) is 10.2. The quantitative estimate of drug-likeness (QED) is 0.813. The monoisotopic (exact) mass is 285 g/mol. The van der Waals surface area contributed by atoms with Crippen molar-refractivity contribution < 1.29 is 14.6 Å². The van der Waals surface area contributed by atoms with E-state index < -0.39 is 11.4 Å². The molecule has 1 saturated heterocycles. The molecule has 1 aliphatic rings. The van der Waals surface area contributed by atoms with Crippen molar-refractivity contribution >= 4 is 27.6 Å². The second-order valence-corrected chi connectivity index (χ2v) is 4.75. The van der Waals surface area contributed by atoms with Crippen molar-refractivity contribution in [3.05, 3.63) is 28.2 Å². The second kappa shape index (κ2) is 4.07. The summed E-state index contributed by atoms with van der Waals surface area (Å²) in [5.74, 6) is -0.880. The third-order valence-corrected chi connectivity index (χ3v) is 3.69. The SMILES string of the molecule is Nc1c(Br)cccc1C1(C(=O)O)CCOC1. The van der Waals surface area contributed by atoms with Crippen LogP contribution in [0.4, 0.5) is 5.69 Å². The van der Waals surface area contributed by atoms with Crippen LogP contribution in [0.5, 0.6) is 0 Å². The Morgan fingerprint density at radius 2 is 2.31 bits per heavy atom. The lowest BCUT2D eigenvalue weighted by atomic mass is 9.79. The molecule has 1 aromatic carbocycles. The topological polar surface area (TPSA) is 72.6 Å². The van der Waals surface area contributed by atoms with Gasteiger partial charge in [0.2, 0.25) is 0 Å². The van der Waals surface area contributed by atoms with E-state index in [0.717, 1.165) is 4.47 Å². The lowest BCUT2D eigenvalue weighted by molar-refractivity contribution is -0.143. The van der Waals surface area contributed by atoms with Crippen molar-refractivity contribution in [3.8, 4) is 0 Å². The van der Waals surface area contributed by atoms with Gasteiger partial charge in [0, 0.05) is 11.1 Å². The Morgan fingerprint density at radius 1 is 1.56 bits per heavy atom. The number of para-hydroxylation sites is 1. The molecule has 16 heavy (non-hydrogen) atoms. The summed E-state index contributed by atoms with van der Waals surface area (Å²) in [4.78, 5) is 11.4. The summed E-state index contributed by atoms with van der Waals surface area (Å²) in [5.41, 5.74) is 6.04. The minimum atomic E-state index is -0.992. The van der Waals surface area contributed by atoms with Gasteiger partial charge in [0.1, 0.15) is 5.41 Å². The van der Waals surface area contributed by atoms with Gasteiger partial charge >= 0.3 is 5.97 Å². The molecule has 1 aromatic rings. The number of anilines is 1. The molecule has 0 aromatic heterocycles. The number of carboxylic acid groups (broad SMARTS) is 1. The van der Waals surface area contributed by atoms with Crippen molar-refractivity contribution in [2.45, 2.75) is 11.8 Å². The molecule has 4 nitrogen and oxygen atoms in total. The maximum atomic E-state index is 11.4. The first-order valence-corrected chi connectivity index (χ1v) is 5.73. The Bertz CT molecular complexity index is 427. The zero-order valence-electron chi connectivity index (χ0n) is 8.57. The van der Waals surface area contributed by atoms with Gasteiger partial charge < -0.3 is 15.6 Å². The molecule has 5 heteroatoms. The van der Waals surface area contributed by atoms with Crippen LogP contribution >= 0.6 is 15.9 Å². The summed E-state index contributed by atoms with van der Waals surface area (Å²) < 4.78 is 5.94. The van der Waals surface area contributed by atoms with Crippen LogP contribution in [0.2, 0.25) is 0 Å². The fraction of sp³-hybridized carbons (Fsp3) is 0.364. The van der Waals surface area contributed by atoms with Crippen molar-refractivity contribution in [1.29, 1.82) is 0 Å². The van der Waals surface area contributed by atoms with Gasteiger partial charge in [-0.05, 0) is 34.0 Å². The lowest BCUT2D eigenvalue weighted by Crippen LogP contribution is -2.37. The molecule has 1 aliphatic heterocycles. The van der Waals surface area contributed by atoms with Gasteiger partial charge in [-0.3, -0.25) is 4.79 Å². The van der Waals surface area contributed by atoms with Crippen LogP contribution in [-0.2, 0) is 14.9 Å². The number of ether oxygens (including phenoxy) is 1. The van der Waals surface area contributed by atoms with Crippen LogP contribution in [0.25, 0.3) is 0 Å². The number of nitrogens with two attached hydrogens (primary N) is 1. The van der Waals surface area contributed by atoms with E-state index in [2.05, 4.69) is 15.9 Å². The number of benzene rings is 1. The first-order valence-electron chi connectivity index (χ1n) is 4.93. The van der Waals surface area contributed by atoms with Crippen molar-refractivity contribution in [3.63, 3.8) is 0 Å². The minimum Gasteiger partial charge on any atom is -0.481 e. The van der Waals surface area contributed by atoms with Gasteiger partial charge in [-0.25, -0.2) is 0 Å². The van der Waals surface area contributed by atoms with E-state index in [1.165, 1.54) is 0 Å². The molecule has 0 aliphatic carbocycles. The van der Waals surface area contributed by atoms with Gasteiger partial charge in [0.25, 0.3) is 0 Å². The first kappa shape index (κ1) is 11.4. The fourth-order valence-electron chi connectivity index (χ4n) is 2.02. The summed E-state index contributed by atoms with van der Waals surface area (Å²) in [6.45, 7) is 0.640. The van der Waals surface area contributed by atoms with Crippen LogP contribution in [0.15, 0.2) is 22.7 Å². The average Bonchev–Trinajstić information content (AvgIpc) is 2.72. The molecule has 1 atom stereocenters. The molecule has 2 rings (SSSR count). The van der Waals surface area contributed by atoms with E-state index in [9.17, 15) is 9.90 Å². The molecule has 0 spiro atoms. The molecule has 1 heterocycles. The number of halogens is 1. The van der Waals surface area contributed by atoms with Crippen LogP contribution in [0.1, 0.15) is 12.0 Å². The number of nitrogen functional groups attached to an aromatic ring is 1. The van der Waals surface area contributed by atoms with Crippen molar-refractivity contribution in [2.24, 2.45) is 0 Å². The molecule has 0 bridgehead atoms. The second-order valence-electron chi connectivity index (χ2n) is 3.89. The maximum Gasteiger partial charge on any atom is 0.316 e. The highest BCUT2D eigenvalue weighted by atomic mass is 79.9. The Balaban J connectivity index is 2.56. The molecule has 0 saturated carbocycles. The molecular weight excluding hydrogens is 274 g/mol. The number of carbonyl (C=O) groups is 1.